The number of imidazole rings is 1. The van der Waals surface area contributed by atoms with E-state index >= 15 is 0 Å². The minimum atomic E-state index is -0.977. The van der Waals surface area contributed by atoms with E-state index in [1.54, 1.807) is 32.4 Å². The fourth-order valence-corrected chi connectivity index (χ4v) is 2.82. The fourth-order valence-electron chi connectivity index (χ4n) is 2.82. The van der Waals surface area contributed by atoms with Gasteiger partial charge in [-0.1, -0.05) is 0 Å². The van der Waals surface area contributed by atoms with Gasteiger partial charge in [0.2, 0.25) is 0 Å². The van der Waals surface area contributed by atoms with Gasteiger partial charge in [-0.15, -0.1) is 0 Å². The second kappa shape index (κ2) is 5.88. The molecule has 0 atom stereocenters. The first-order valence-corrected chi connectivity index (χ1v) is 7.39. The largest absolute Gasteiger partial charge is 0.496 e. The molecule has 6 nitrogen and oxygen atoms in total. The second-order valence-electron chi connectivity index (χ2n) is 5.55. The number of aromatic carboxylic acids is 1. The molecule has 2 aromatic carbocycles. The minimum absolute atomic E-state index is 0.204. The average Bonchev–Trinajstić information content (AvgIpc) is 2.89. The van der Waals surface area contributed by atoms with Crippen molar-refractivity contribution >= 4 is 17.0 Å². The molecule has 124 valence electrons. The van der Waals surface area contributed by atoms with Crippen molar-refractivity contribution in [2.24, 2.45) is 7.05 Å². The number of aromatic nitrogens is 2. The van der Waals surface area contributed by atoms with Gasteiger partial charge in [0.25, 0.3) is 0 Å². The lowest BCUT2D eigenvalue weighted by molar-refractivity contribution is 0.0697. The van der Waals surface area contributed by atoms with Gasteiger partial charge in [0.15, 0.2) is 0 Å². The summed E-state index contributed by atoms with van der Waals surface area (Å²) < 4.78 is 12.9. The van der Waals surface area contributed by atoms with Crippen LogP contribution in [-0.2, 0) is 7.05 Å². The lowest BCUT2D eigenvalue weighted by Crippen LogP contribution is -1.99. The summed E-state index contributed by atoms with van der Waals surface area (Å²) in [5.74, 6) is 0.989. The number of carbonyl (C=O) groups is 1. The molecule has 0 saturated carbocycles. The Bertz CT molecular complexity index is 919. The predicted octanol–water partition coefficient (Wildman–Crippen LogP) is 3.26. The third-order valence-corrected chi connectivity index (χ3v) is 4.00. The lowest BCUT2D eigenvalue weighted by atomic mass is 10.1. The van der Waals surface area contributed by atoms with Crippen LogP contribution >= 0.6 is 0 Å². The van der Waals surface area contributed by atoms with Crippen molar-refractivity contribution in [3.05, 3.63) is 41.5 Å². The SMILES string of the molecule is COc1cc(C)cc(OC)c1-c1nc2cc(C(=O)O)ccc2n1C. The quantitative estimate of drug-likeness (QED) is 0.796. The van der Waals surface area contributed by atoms with Gasteiger partial charge in [0.05, 0.1) is 30.8 Å². The number of carboxylic acid groups (broad SMARTS) is 1. The predicted molar refractivity (Wildman–Crippen MR) is 91.0 cm³/mol. The first-order valence-electron chi connectivity index (χ1n) is 7.39. The molecule has 0 bridgehead atoms. The van der Waals surface area contributed by atoms with Crippen molar-refractivity contribution in [3.63, 3.8) is 0 Å². The smallest absolute Gasteiger partial charge is 0.335 e. The summed E-state index contributed by atoms with van der Waals surface area (Å²) >= 11 is 0. The summed E-state index contributed by atoms with van der Waals surface area (Å²) in [6.45, 7) is 1.96. The molecule has 3 rings (SSSR count). The maximum atomic E-state index is 11.2. The summed E-state index contributed by atoms with van der Waals surface area (Å²) in [7, 11) is 5.08. The van der Waals surface area contributed by atoms with Gasteiger partial charge in [-0.3, -0.25) is 0 Å². The van der Waals surface area contributed by atoms with Crippen molar-refractivity contribution in [2.75, 3.05) is 14.2 Å². The Kier molecular flexibility index (Phi) is 3.89. The standard InChI is InChI=1S/C18H18N2O4/c1-10-7-14(23-3)16(15(8-10)24-4)17-19-12-9-11(18(21)22)5-6-13(12)20(17)2/h5-9H,1-4H3,(H,21,22). The second-order valence-corrected chi connectivity index (χ2v) is 5.55. The summed E-state index contributed by atoms with van der Waals surface area (Å²) in [6.07, 6.45) is 0. The Morgan fingerprint density at radius 1 is 1.12 bits per heavy atom. The average molecular weight is 326 g/mol. The molecule has 0 aliphatic rings. The first kappa shape index (κ1) is 15.9. The Labute approximate surface area is 139 Å². The molecule has 0 spiro atoms. The van der Waals surface area contributed by atoms with Crippen LogP contribution in [0.5, 0.6) is 11.5 Å². The fraction of sp³-hybridized carbons (Fsp3) is 0.222. The van der Waals surface area contributed by atoms with Crippen LogP contribution in [0.25, 0.3) is 22.4 Å². The zero-order valence-corrected chi connectivity index (χ0v) is 14.0. The van der Waals surface area contributed by atoms with E-state index in [0.717, 1.165) is 16.6 Å². The molecular formula is C18H18N2O4. The number of ether oxygens (including phenoxy) is 2. The Morgan fingerprint density at radius 3 is 2.29 bits per heavy atom. The van der Waals surface area contributed by atoms with Crippen LogP contribution in [0.1, 0.15) is 15.9 Å². The number of aryl methyl sites for hydroxylation is 2. The molecule has 1 aromatic heterocycles. The number of rotatable bonds is 4. The van der Waals surface area contributed by atoms with Gasteiger partial charge in [-0.2, -0.15) is 0 Å². The highest BCUT2D eigenvalue weighted by molar-refractivity contribution is 5.93. The van der Waals surface area contributed by atoms with Gasteiger partial charge >= 0.3 is 5.97 Å². The molecule has 0 aliphatic carbocycles. The summed E-state index contributed by atoms with van der Waals surface area (Å²) in [5, 5.41) is 9.16. The molecule has 0 saturated heterocycles. The van der Waals surface area contributed by atoms with Crippen molar-refractivity contribution in [2.45, 2.75) is 6.92 Å². The van der Waals surface area contributed by atoms with Gasteiger partial charge in [-0.05, 0) is 42.8 Å². The Morgan fingerprint density at radius 2 is 1.75 bits per heavy atom. The van der Waals surface area contributed by atoms with Crippen molar-refractivity contribution in [3.8, 4) is 22.9 Å². The van der Waals surface area contributed by atoms with Gasteiger partial charge in [0, 0.05) is 7.05 Å². The first-order chi connectivity index (χ1) is 11.5. The normalized spacial score (nSPS) is 10.8. The molecular weight excluding hydrogens is 308 g/mol. The van der Waals surface area contributed by atoms with Crippen molar-refractivity contribution in [1.29, 1.82) is 0 Å². The Balaban J connectivity index is 2.30. The van der Waals surface area contributed by atoms with Crippen LogP contribution in [0, 0.1) is 6.92 Å². The highest BCUT2D eigenvalue weighted by atomic mass is 16.5. The van der Waals surface area contributed by atoms with Crippen LogP contribution in [0.4, 0.5) is 0 Å². The molecule has 1 heterocycles. The number of benzene rings is 2. The summed E-state index contributed by atoms with van der Waals surface area (Å²) in [5.41, 5.74) is 3.40. The highest BCUT2D eigenvalue weighted by Crippen LogP contribution is 2.39. The molecule has 24 heavy (non-hydrogen) atoms. The topological polar surface area (TPSA) is 73.6 Å². The summed E-state index contributed by atoms with van der Waals surface area (Å²) in [6, 6.07) is 8.72. The maximum Gasteiger partial charge on any atom is 0.335 e. The van der Waals surface area contributed by atoms with E-state index in [1.807, 2.05) is 30.7 Å². The molecule has 1 N–H and O–H groups in total. The molecule has 0 aliphatic heterocycles. The number of fused-ring (bicyclic) bond motifs is 1. The highest BCUT2D eigenvalue weighted by Gasteiger charge is 2.20. The van der Waals surface area contributed by atoms with Crippen LogP contribution < -0.4 is 9.47 Å². The molecule has 6 heteroatoms. The van der Waals surface area contributed by atoms with Crippen LogP contribution in [0.2, 0.25) is 0 Å². The van der Waals surface area contributed by atoms with E-state index in [1.165, 1.54) is 0 Å². The number of hydrogen-bond donors (Lipinski definition) is 1. The molecule has 0 radical (unpaired) electrons. The lowest BCUT2D eigenvalue weighted by Gasteiger charge is -2.14. The number of methoxy groups -OCH3 is 2. The zero-order chi connectivity index (χ0) is 17.4. The van der Waals surface area contributed by atoms with E-state index in [2.05, 4.69) is 4.98 Å². The van der Waals surface area contributed by atoms with Gasteiger partial charge in [0.1, 0.15) is 22.9 Å². The molecule has 0 unspecified atom stereocenters. The third kappa shape index (κ3) is 2.46. The molecule has 3 aromatic rings. The minimum Gasteiger partial charge on any atom is -0.496 e. The van der Waals surface area contributed by atoms with E-state index in [-0.39, 0.29) is 5.56 Å². The van der Waals surface area contributed by atoms with E-state index in [9.17, 15) is 4.79 Å². The molecule has 0 fully saturated rings. The van der Waals surface area contributed by atoms with Crippen molar-refractivity contribution < 1.29 is 19.4 Å². The van der Waals surface area contributed by atoms with Crippen LogP contribution in [-0.4, -0.2) is 34.8 Å². The Hall–Kier alpha value is -3.02. The zero-order valence-electron chi connectivity index (χ0n) is 14.0. The molecule has 0 amide bonds. The monoisotopic (exact) mass is 326 g/mol. The van der Waals surface area contributed by atoms with E-state index in [4.69, 9.17) is 14.6 Å². The number of hydrogen-bond acceptors (Lipinski definition) is 4. The number of carboxylic acids is 1. The summed E-state index contributed by atoms with van der Waals surface area (Å²) in [4.78, 5) is 15.8. The number of nitrogens with zero attached hydrogens (tertiary/aromatic N) is 2. The van der Waals surface area contributed by atoms with Crippen LogP contribution in [0.3, 0.4) is 0 Å². The maximum absolute atomic E-state index is 11.2. The third-order valence-electron chi connectivity index (χ3n) is 4.00. The van der Waals surface area contributed by atoms with Crippen LogP contribution in [0.15, 0.2) is 30.3 Å². The van der Waals surface area contributed by atoms with E-state index in [0.29, 0.717) is 22.8 Å². The van der Waals surface area contributed by atoms with Gasteiger partial charge in [-0.25, -0.2) is 9.78 Å². The van der Waals surface area contributed by atoms with E-state index < -0.39 is 5.97 Å². The van der Waals surface area contributed by atoms with Crippen molar-refractivity contribution in [1.82, 2.24) is 9.55 Å². The van der Waals surface area contributed by atoms with Gasteiger partial charge < -0.3 is 19.1 Å².